The molecule has 3 rings (SSSR count). The van der Waals surface area contributed by atoms with Crippen molar-refractivity contribution in [1.29, 1.82) is 0 Å². The Morgan fingerprint density at radius 3 is 2.13 bits per heavy atom. The molecule has 1 fully saturated rings. The van der Waals surface area contributed by atoms with Crippen LogP contribution in [0.3, 0.4) is 0 Å². The number of nitrogens with zero attached hydrogens (tertiary/aromatic N) is 1. The Morgan fingerprint density at radius 2 is 1.57 bits per heavy atom. The first kappa shape index (κ1) is 16.0. The molecule has 0 N–H and O–H groups in total. The maximum Gasteiger partial charge on any atom is 0.297 e. The number of hydrogen-bond acceptors (Lipinski definition) is 5. The summed E-state index contributed by atoms with van der Waals surface area (Å²) in [6, 6.07) is 16.7. The molecule has 2 aromatic carbocycles. The second kappa shape index (κ2) is 6.35. The van der Waals surface area contributed by atoms with Crippen LogP contribution < -0.4 is 0 Å². The van der Waals surface area contributed by atoms with E-state index in [2.05, 4.69) is 0 Å². The van der Waals surface area contributed by atoms with E-state index in [1.165, 1.54) is 28.4 Å². The van der Waals surface area contributed by atoms with Crippen LogP contribution in [0.25, 0.3) is 0 Å². The van der Waals surface area contributed by atoms with Crippen LogP contribution in [-0.4, -0.2) is 31.0 Å². The molecule has 5 nitrogen and oxygen atoms in total. The van der Waals surface area contributed by atoms with Gasteiger partial charge in [0.05, 0.1) is 4.90 Å². The Morgan fingerprint density at radius 1 is 1.00 bits per heavy atom. The van der Waals surface area contributed by atoms with Gasteiger partial charge in [-0.3, -0.25) is 13.3 Å². The first-order valence-corrected chi connectivity index (χ1v) is 9.54. The molecule has 0 radical (unpaired) electrons. The predicted molar refractivity (Wildman–Crippen MR) is 88.0 cm³/mol. The molecule has 120 valence electrons. The van der Waals surface area contributed by atoms with Gasteiger partial charge < -0.3 is 0 Å². The second-order valence-corrected chi connectivity index (χ2v) is 7.32. The SMILES string of the molecule is CSN1C(=O)C(OS(=O)(=O)c2ccccc2)C1c1ccccc1. The molecule has 1 saturated heterocycles. The zero-order chi connectivity index (χ0) is 16.4. The first-order valence-electron chi connectivity index (χ1n) is 6.95. The normalized spacial score (nSPS) is 21.1. The van der Waals surface area contributed by atoms with Gasteiger partial charge in [-0.2, -0.15) is 8.42 Å². The summed E-state index contributed by atoms with van der Waals surface area (Å²) < 4.78 is 31.5. The van der Waals surface area contributed by atoms with Crippen molar-refractivity contribution in [3.63, 3.8) is 0 Å². The highest BCUT2D eigenvalue weighted by Crippen LogP contribution is 2.42. The lowest BCUT2D eigenvalue weighted by molar-refractivity contribution is -0.151. The zero-order valence-electron chi connectivity index (χ0n) is 12.3. The van der Waals surface area contributed by atoms with Crippen LogP contribution in [-0.2, 0) is 19.1 Å². The minimum atomic E-state index is -3.98. The first-order chi connectivity index (χ1) is 11.0. The van der Waals surface area contributed by atoms with Gasteiger partial charge >= 0.3 is 0 Å². The molecule has 2 aromatic rings. The molecular weight excluding hydrogens is 334 g/mol. The van der Waals surface area contributed by atoms with Crippen LogP contribution in [0, 0.1) is 0 Å². The minimum Gasteiger partial charge on any atom is -0.273 e. The summed E-state index contributed by atoms with van der Waals surface area (Å²) in [7, 11) is -3.98. The molecule has 1 aliphatic rings. The number of benzene rings is 2. The quantitative estimate of drug-likeness (QED) is 0.472. The molecule has 0 aliphatic carbocycles. The maximum absolute atomic E-state index is 12.4. The Kier molecular flexibility index (Phi) is 4.43. The summed E-state index contributed by atoms with van der Waals surface area (Å²) in [5.74, 6) is -0.342. The zero-order valence-corrected chi connectivity index (χ0v) is 14.0. The van der Waals surface area contributed by atoms with Crippen molar-refractivity contribution >= 4 is 28.0 Å². The van der Waals surface area contributed by atoms with Gasteiger partial charge in [-0.1, -0.05) is 60.5 Å². The Bertz CT molecular complexity index is 793. The van der Waals surface area contributed by atoms with Gasteiger partial charge in [0.15, 0.2) is 6.10 Å². The van der Waals surface area contributed by atoms with Gasteiger partial charge in [0.25, 0.3) is 16.0 Å². The van der Waals surface area contributed by atoms with Crippen LogP contribution in [0.1, 0.15) is 11.6 Å². The van der Waals surface area contributed by atoms with E-state index in [9.17, 15) is 13.2 Å². The number of rotatable bonds is 5. The molecule has 0 aromatic heterocycles. The molecule has 2 atom stereocenters. The summed E-state index contributed by atoms with van der Waals surface area (Å²) in [5, 5.41) is 0. The highest BCUT2D eigenvalue weighted by molar-refractivity contribution is 7.96. The van der Waals surface area contributed by atoms with E-state index in [0.717, 1.165) is 5.56 Å². The molecule has 7 heteroatoms. The molecule has 1 amide bonds. The fraction of sp³-hybridized carbons (Fsp3) is 0.188. The number of β-lactam (4-membered cyclic amide) rings is 1. The van der Waals surface area contributed by atoms with E-state index in [-0.39, 0.29) is 10.8 Å². The summed E-state index contributed by atoms with van der Waals surface area (Å²) >= 11 is 1.26. The Hall–Kier alpha value is -1.83. The van der Waals surface area contributed by atoms with Gasteiger partial charge in [-0.15, -0.1) is 0 Å². The van der Waals surface area contributed by atoms with Gasteiger partial charge in [0, 0.05) is 6.26 Å². The van der Waals surface area contributed by atoms with Gasteiger partial charge in [-0.25, -0.2) is 0 Å². The van der Waals surface area contributed by atoms with Crippen molar-refractivity contribution in [2.45, 2.75) is 17.0 Å². The molecule has 0 bridgehead atoms. The smallest absolute Gasteiger partial charge is 0.273 e. The average molecular weight is 349 g/mol. The summed E-state index contributed by atoms with van der Waals surface area (Å²) in [4.78, 5) is 12.2. The number of carbonyl (C=O) groups excluding carboxylic acids is 1. The highest BCUT2D eigenvalue weighted by atomic mass is 32.2. The van der Waals surface area contributed by atoms with Crippen molar-refractivity contribution in [1.82, 2.24) is 4.31 Å². The van der Waals surface area contributed by atoms with E-state index >= 15 is 0 Å². The monoisotopic (exact) mass is 349 g/mol. The van der Waals surface area contributed by atoms with E-state index in [1.807, 2.05) is 30.3 Å². The molecular formula is C16H15NO4S2. The van der Waals surface area contributed by atoms with Crippen LogP contribution >= 0.6 is 11.9 Å². The third kappa shape index (κ3) is 2.99. The molecule has 1 heterocycles. The van der Waals surface area contributed by atoms with Crippen molar-refractivity contribution in [2.24, 2.45) is 0 Å². The molecule has 2 unspecified atom stereocenters. The van der Waals surface area contributed by atoms with E-state index in [0.29, 0.717) is 0 Å². The van der Waals surface area contributed by atoms with E-state index in [4.69, 9.17) is 4.18 Å². The summed E-state index contributed by atoms with van der Waals surface area (Å²) in [6.07, 6.45) is 0.741. The van der Waals surface area contributed by atoms with Crippen LogP contribution in [0.4, 0.5) is 0 Å². The van der Waals surface area contributed by atoms with Crippen LogP contribution in [0.5, 0.6) is 0 Å². The molecule has 1 aliphatic heterocycles. The predicted octanol–water partition coefficient (Wildman–Crippen LogP) is 2.62. The number of carbonyl (C=O) groups is 1. The lowest BCUT2D eigenvalue weighted by Crippen LogP contribution is -2.56. The fourth-order valence-electron chi connectivity index (χ4n) is 2.48. The molecule has 0 saturated carbocycles. The van der Waals surface area contributed by atoms with Crippen molar-refractivity contribution < 1.29 is 17.4 Å². The van der Waals surface area contributed by atoms with Crippen LogP contribution in [0.15, 0.2) is 65.6 Å². The molecule has 23 heavy (non-hydrogen) atoms. The largest absolute Gasteiger partial charge is 0.297 e. The second-order valence-electron chi connectivity index (χ2n) is 4.99. The third-order valence-corrected chi connectivity index (χ3v) is 5.71. The summed E-state index contributed by atoms with van der Waals surface area (Å²) in [5.41, 5.74) is 0.842. The van der Waals surface area contributed by atoms with Crippen molar-refractivity contribution in [2.75, 3.05) is 6.26 Å². The van der Waals surface area contributed by atoms with Crippen LogP contribution in [0.2, 0.25) is 0 Å². The van der Waals surface area contributed by atoms with Gasteiger partial charge in [0.1, 0.15) is 6.04 Å². The van der Waals surface area contributed by atoms with Gasteiger partial charge in [-0.05, 0) is 17.7 Å². The molecule has 0 spiro atoms. The minimum absolute atomic E-state index is 0.0437. The highest BCUT2D eigenvalue weighted by Gasteiger charge is 2.51. The number of amides is 1. The number of hydrogen-bond donors (Lipinski definition) is 0. The summed E-state index contributed by atoms with van der Waals surface area (Å²) in [6.45, 7) is 0. The third-order valence-electron chi connectivity index (χ3n) is 3.60. The lowest BCUT2D eigenvalue weighted by Gasteiger charge is -2.44. The fourth-order valence-corrected chi connectivity index (χ4v) is 4.28. The van der Waals surface area contributed by atoms with E-state index in [1.54, 1.807) is 24.5 Å². The standard InChI is InChI=1S/C16H15NO4S2/c1-22-17-14(12-8-4-2-5-9-12)15(16(17)18)21-23(19,20)13-10-6-3-7-11-13/h2-11,14-15H,1H3. The maximum atomic E-state index is 12.4. The van der Waals surface area contributed by atoms with Crippen molar-refractivity contribution in [3.05, 3.63) is 66.2 Å². The van der Waals surface area contributed by atoms with Gasteiger partial charge in [0.2, 0.25) is 0 Å². The van der Waals surface area contributed by atoms with E-state index < -0.39 is 22.3 Å². The average Bonchev–Trinajstić information content (AvgIpc) is 2.59. The van der Waals surface area contributed by atoms with Crippen molar-refractivity contribution in [3.8, 4) is 0 Å². The Balaban J connectivity index is 1.88. The Labute approximate surface area is 139 Å². The topological polar surface area (TPSA) is 63.7 Å². The lowest BCUT2D eigenvalue weighted by atomic mass is 9.94.